The lowest BCUT2D eigenvalue weighted by atomic mass is 10.1. The summed E-state index contributed by atoms with van der Waals surface area (Å²) in [7, 11) is 1.50. The Morgan fingerprint density at radius 1 is 1.35 bits per heavy atom. The molecular weight excluding hydrogens is 356 g/mol. The van der Waals surface area contributed by atoms with Crippen LogP contribution in [0, 0.1) is 6.92 Å². The highest BCUT2D eigenvalue weighted by Gasteiger charge is 2.32. The second-order valence-corrected chi connectivity index (χ2v) is 6.41. The minimum atomic E-state index is -0.648. The maximum atomic E-state index is 12.6. The third kappa shape index (κ3) is 3.46. The van der Waals surface area contributed by atoms with Gasteiger partial charge in [-0.2, -0.15) is 0 Å². The molecule has 1 heterocycles. The molecule has 1 atom stereocenters. The molecule has 1 aliphatic rings. The van der Waals surface area contributed by atoms with Crippen molar-refractivity contribution in [3.63, 3.8) is 0 Å². The smallest absolute Gasteiger partial charge is 0.268 e. The highest BCUT2D eigenvalue weighted by Crippen LogP contribution is 2.34. The van der Waals surface area contributed by atoms with Crippen molar-refractivity contribution in [1.82, 2.24) is 0 Å². The second-order valence-electron chi connectivity index (χ2n) is 6.00. The molecule has 136 valence electrons. The van der Waals surface area contributed by atoms with Crippen molar-refractivity contribution < 1.29 is 19.1 Å². The summed E-state index contributed by atoms with van der Waals surface area (Å²) in [6.07, 6.45) is -0.648. The molecule has 0 aliphatic carbocycles. The van der Waals surface area contributed by atoms with Gasteiger partial charge in [0.25, 0.3) is 5.91 Å². The van der Waals surface area contributed by atoms with Gasteiger partial charge in [-0.05, 0) is 37.6 Å². The Morgan fingerprint density at radius 3 is 2.81 bits per heavy atom. The zero-order valence-corrected chi connectivity index (χ0v) is 15.5. The lowest BCUT2D eigenvalue weighted by Crippen LogP contribution is -2.47. The van der Waals surface area contributed by atoms with Crippen molar-refractivity contribution in [3.8, 4) is 11.5 Å². The van der Waals surface area contributed by atoms with Crippen LogP contribution in [0.15, 0.2) is 36.4 Å². The van der Waals surface area contributed by atoms with Crippen molar-refractivity contribution in [3.05, 3.63) is 47.0 Å². The van der Waals surface area contributed by atoms with Gasteiger partial charge in [0.05, 0.1) is 18.5 Å². The minimum Gasteiger partial charge on any atom is -0.495 e. The Labute approximate surface area is 156 Å². The standard InChI is InChI=1S/C19H19ClN2O4/c1-11-8-14(17(25-3)9-13(11)20)21-18(23)10-22-15-6-4-5-7-16(15)26-12(2)19(22)24/h4-9,12H,10H2,1-3H3,(H,21,23)/t12-/m1/s1. The SMILES string of the molecule is COc1cc(Cl)c(C)cc1NC(=O)CN1C(=O)[C@@H](C)Oc2ccccc21. The van der Waals surface area contributed by atoms with Crippen LogP contribution in [0.5, 0.6) is 11.5 Å². The lowest BCUT2D eigenvalue weighted by molar-refractivity contribution is -0.127. The summed E-state index contributed by atoms with van der Waals surface area (Å²) >= 11 is 6.09. The highest BCUT2D eigenvalue weighted by molar-refractivity contribution is 6.31. The van der Waals surface area contributed by atoms with Crippen molar-refractivity contribution >= 4 is 34.8 Å². The number of fused-ring (bicyclic) bond motifs is 1. The third-order valence-corrected chi connectivity index (χ3v) is 4.54. The Kier molecular flexibility index (Phi) is 5.04. The molecule has 0 unspecified atom stereocenters. The van der Waals surface area contributed by atoms with Crippen LogP contribution in [0.1, 0.15) is 12.5 Å². The van der Waals surface area contributed by atoms with Crippen LogP contribution >= 0.6 is 11.6 Å². The van der Waals surface area contributed by atoms with Gasteiger partial charge in [0, 0.05) is 11.1 Å². The van der Waals surface area contributed by atoms with Gasteiger partial charge in [-0.3, -0.25) is 14.5 Å². The number of halogens is 1. The quantitative estimate of drug-likeness (QED) is 0.890. The first kappa shape index (κ1) is 18.1. The summed E-state index contributed by atoms with van der Waals surface area (Å²) < 4.78 is 10.8. The van der Waals surface area contributed by atoms with Crippen LogP contribution in [0.3, 0.4) is 0 Å². The van der Waals surface area contributed by atoms with Crippen LogP contribution in [0.4, 0.5) is 11.4 Å². The monoisotopic (exact) mass is 374 g/mol. The molecule has 0 spiro atoms. The molecule has 1 aliphatic heterocycles. The largest absolute Gasteiger partial charge is 0.495 e. The molecule has 2 aromatic rings. The van der Waals surface area contributed by atoms with Gasteiger partial charge in [0.2, 0.25) is 5.91 Å². The molecule has 0 saturated carbocycles. The summed E-state index contributed by atoms with van der Waals surface area (Å²) in [4.78, 5) is 26.5. The van der Waals surface area contributed by atoms with Crippen molar-refractivity contribution in [2.45, 2.75) is 20.0 Å². The number of ether oxygens (including phenoxy) is 2. The Bertz CT molecular complexity index is 869. The fourth-order valence-corrected chi connectivity index (χ4v) is 2.94. The van der Waals surface area contributed by atoms with Crippen molar-refractivity contribution in [1.29, 1.82) is 0 Å². The predicted octanol–water partition coefficient (Wildman–Crippen LogP) is 3.41. The molecule has 2 amide bonds. The number of anilines is 2. The molecule has 2 aromatic carbocycles. The number of benzene rings is 2. The van der Waals surface area contributed by atoms with E-state index in [1.54, 1.807) is 37.3 Å². The molecule has 3 rings (SSSR count). The third-order valence-electron chi connectivity index (χ3n) is 4.13. The maximum absolute atomic E-state index is 12.6. The molecule has 0 fully saturated rings. The average Bonchev–Trinajstić information content (AvgIpc) is 2.61. The van der Waals surface area contributed by atoms with Crippen LogP contribution in [0.25, 0.3) is 0 Å². The Morgan fingerprint density at radius 2 is 2.08 bits per heavy atom. The average molecular weight is 375 g/mol. The van der Waals surface area contributed by atoms with Gasteiger partial charge < -0.3 is 14.8 Å². The fraction of sp³-hybridized carbons (Fsp3) is 0.263. The van der Waals surface area contributed by atoms with Gasteiger partial charge in [0.1, 0.15) is 18.0 Å². The molecule has 0 saturated heterocycles. The zero-order valence-electron chi connectivity index (χ0n) is 14.7. The number of nitrogens with zero attached hydrogens (tertiary/aromatic N) is 1. The molecule has 6 nitrogen and oxygen atoms in total. The molecular formula is C19H19ClN2O4. The number of amides is 2. The topological polar surface area (TPSA) is 67.9 Å². The first-order valence-corrected chi connectivity index (χ1v) is 8.49. The lowest BCUT2D eigenvalue weighted by Gasteiger charge is -2.32. The van der Waals surface area contributed by atoms with E-state index in [9.17, 15) is 9.59 Å². The van der Waals surface area contributed by atoms with E-state index in [4.69, 9.17) is 21.1 Å². The summed E-state index contributed by atoms with van der Waals surface area (Å²) in [6.45, 7) is 3.37. The summed E-state index contributed by atoms with van der Waals surface area (Å²) in [5, 5.41) is 3.33. The molecule has 0 radical (unpaired) electrons. The second kappa shape index (κ2) is 7.25. The number of hydrogen-bond acceptors (Lipinski definition) is 4. The molecule has 0 bridgehead atoms. The van der Waals surface area contributed by atoms with E-state index in [2.05, 4.69) is 5.32 Å². The van der Waals surface area contributed by atoms with Gasteiger partial charge in [-0.1, -0.05) is 23.7 Å². The van der Waals surface area contributed by atoms with Crippen molar-refractivity contribution in [2.24, 2.45) is 0 Å². The fourth-order valence-electron chi connectivity index (χ4n) is 2.79. The van der Waals surface area contributed by atoms with E-state index < -0.39 is 6.10 Å². The molecule has 1 N–H and O–H groups in total. The van der Waals surface area contributed by atoms with E-state index in [-0.39, 0.29) is 18.4 Å². The minimum absolute atomic E-state index is 0.131. The Balaban J connectivity index is 1.82. The number of carbonyl (C=O) groups is 2. The van der Waals surface area contributed by atoms with E-state index in [1.807, 2.05) is 13.0 Å². The summed E-state index contributed by atoms with van der Waals surface area (Å²) in [5.74, 6) is 0.420. The highest BCUT2D eigenvalue weighted by atomic mass is 35.5. The number of hydrogen-bond donors (Lipinski definition) is 1. The van der Waals surface area contributed by atoms with Gasteiger partial charge >= 0.3 is 0 Å². The van der Waals surface area contributed by atoms with Crippen LogP contribution in [-0.4, -0.2) is 31.6 Å². The maximum Gasteiger partial charge on any atom is 0.268 e. The van der Waals surface area contributed by atoms with Gasteiger partial charge in [-0.15, -0.1) is 0 Å². The van der Waals surface area contributed by atoms with Crippen LogP contribution in [0.2, 0.25) is 5.02 Å². The molecule has 26 heavy (non-hydrogen) atoms. The number of carbonyl (C=O) groups excluding carboxylic acids is 2. The van der Waals surface area contributed by atoms with E-state index in [0.717, 1.165) is 5.56 Å². The molecule has 0 aromatic heterocycles. The molecule has 7 heteroatoms. The Hall–Kier alpha value is -2.73. The number of para-hydroxylation sites is 2. The normalized spacial score (nSPS) is 15.9. The predicted molar refractivity (Wildman–Crippen MR) is 100 cm³/mol. The first-order chi connectivity index (χ1) is 12.4. The zero-order chi connectivity index (χ0) is 18.8. The number of aryl methyl sites for hydroxylation is 1. The first-order valence-electron chi connectivity index (χ1n) is 8.11. The van der Waals surface area contributed by atoms with E-state index in [0.29, 0.717) is 27.9 Å². The van der Waals surface area contributed by atoms with E-state index in [1.165, 1.54) is 12.0 Å². The summed E-state index contributed by atoms with van der Waals surface area (Å²) in [6, 6.07) is 10.5. The van der Waals surface area contributed by atoms with Crippen molar-refractivity contribution in [2.75, 3.05) is 23.9 Å². The van der Waals surface area contributed by atoms with Gasteiger partial charge in [-0.25, -0.2) is 0 Å². The number of rotatable bonds is 4. The summed E-state index contributed by atoms with van der Waals surface area (Å²) in [5.41, 5.74) is 1.88. The van der Waals surface area contributed by atoms with Gasteiger partial charge in [0.15, 0.2) is 6.10 Å². The van der Waals surface area contributed by atoms with E-state index >= 15 is 0 Å². The van der Waals surface area contributed by atoms with Crippen LogP contribution in [-0.2, 0) is 9.59 Å². The number of methoxy groups -OCH3 is 1. The number of nitrogens with one attached hydrogen (secondary N) is 1. The van der Waals surface area contributed by atoms with Crippen LogP contribution < -0.4 is 19.7 Å².